The number of aromatic nitrogens is 4. The summed E-state index contributed by atoms with van der Waals surface area (Å²) in [7, 11) is 3.32. The van der Waals surface area contributed by atoms with Crippen LogP contribution < -0.4 is 46.3 Å². The Morgan fingerprint density at radius 2 is 1.14 bits per heavy atom. The molecule has 8 aromatic rings. The Bertz CT molecular complexity index is 3240. The van der Waals surface area contributed by atoms with E-state index in [1.54, 1.807) is 20.4 Å². The molecule has 10 rings (SSSR count). The third kappa shape index (κ3) is 11.4. The van der Waals surface area contributed by atoms with Crippen LogP contribution >= 0.6 is 0 Å². The van der Waals surface area contributed by atoms with Gasteiger partial charge in [-0.25, -0.2) is 19.9 Å². The molecule has 6 aromatic carbocycles. The van der Waals surface area contributed by atoms with Crippen molar-refractivity contribution in [1.29, 1.82) is 0 Å². The molecule has 2 aliphatic heterocycles. The first-order valence-corrected chi connectivity index (χ1v) is 23.5. The van der Waals surface area contributed by atoms with Crippen molar-refractivity contribution in [2.24, 2.45) is 0 Å². The molecule has 2 saturated heterocycles. The highest BCUT2D eigenvalue weighted by Gasteiger charge is 2.18. The topological polar surface area (TPSA) is 180 Å². The second-order valence-corrected chi connectivity index (χ2v) is 17.0. The highest BCUT2D eigenvalue weighted by Crippen LogP contribution is 2.36. The smallest absolute Gasteiger partial charge is 0.247 e. The molecule has 15 heteroatoms. The van der Waals surface area contributed by atoms with Crippen LogP contribution in [0, 0.1) is 0 Å². The van der Waals surface area contributed by atoms with Crippen LogP contribution in [0.4, 0.5) is 46.0 Å². The van der Waals surface area contributed by atoms with Crippen LogP contribution in [-0.4, -0.2) is 78.2 Å². The lowest BCUT2D eigenvalue weighted by molar-refractivity contribution is -0.112. The third-order valence-electron chi connectivity index (χ3n) is 12.2. The number of para-hydroxylation sites is 2. The highest BCUT2D eigenvalue weighted by atomic mass is 16.5. The normalized spacial score (nSPS) is 13.2. The Labute approximate surface area is 412 Å². The zero-order valence-electron chi connectivity index (χ0n) is 39.7. The van der Waals surface area contributed by atoms with Crippen LogP contribution in [-0.2, 0) is 9.59 Å². The van der Waals surface area contributed by atoms with Gasteiger partial charge in [0.15, 0.2) is 0 Å². The first-order chi connectivity index (χ1) is 34.8. The predicted molar refractivity (Wildman–Crippen MR) is 286 cm³/mol. The molecule has 0 unspecified atom stereocenters. The summed E-state index contributed by atoms with van der Waals surface area (Å²) in [4.78, 5) is 44.6. The molecule has 0 saturated carbocycles. The summed E-state index contributed by atoms with van der Waals surface area (Å²) in [6.45, 7) is 11.1. The first-order valence-electron chi connectivity index (χ1n) is 23.5. The maximum Gasteiger partial charge on any atom is 0.247 e. The van der Waals surface area contributed by atoms with Gasteiger partial charge in [0.2, 0.25) is 23.7 Å². The van der Waals surface area contributed by atoms with Crippen molar-refractivity contribution >= 4 is 79.6 Å². The van der Waals surface area contributed by atoms with E-state index in [-0.39, 0.29) is 11.8 Å². The van der Waals surface area contributed by atoms with Crippen molar-refractivity contribution in [3.05, 3.63) is 159 Å². The van der Waals surface area contributed by atoms with Gasteiger partial charge >= 0.3 is 0 Å². The number of amides is 2. The van der Waals surface area contributed by atoms with Gasteiger partial charge < -0.3 is 46.3 Å². The van der Waals surface area contributed by atoms with E-state index in [9.17, 15) is 9.59 Å². The van der Waals surface area contributed by atoms with E-state index in [0.717, 1.165) is 93.1 Å². The van der Waals surface area contributed by atoms with E-state index in [1.165, 1.54) is 37.1 Å². The van der Waals surface area contributed by atoms with Gasteiger partial charge in [0.25, 0.3) is 0 Å². The fraction of sp³-hybridized carbons (Fsp3) is 0.179. The fourth-order valence-corrected chi connectivity index (χ4v) is 8.50. The van der Waals surface area contributed by atoms with Crippen molar-refractivity contribution in [2.75, 3.05) is 71.9 Å². The Morgan fingerprint density at radius 3 is 1.65 bits per heavy atom. The number of piperidine rings is 1. The number of rotatable bonds is 15. The van der Waals surface area contributed by atoms with Gasteiger partial charge in [0.05, 0.1) is 42.7 Å². The molecule has 0 atom stereocenters. The summed E-state index contributed by atoms with van der Waals surface area (Å²) in [6.07, 6.45) is 9.84. The Balaban J connectivity index is 0.000000176. The predicted octanol–water partition coefficient (Wildman–Crippen LogP) is 10.7. The molecule has 0 radical (unpaired) electrons. The zero-order valence-corrected chi connectivity index (χ0v) is 39.7. The minimum atomic E-state index is -0.256. The maximum absolute atomic E-state index is 11.8. The second-order valence-electron chi connectivity index (χ2n) is 17.0. The molecule has 2 aromatic heterocycles. The van der Waals surface area contributed by atoms with E-state index >= 15 is 0 Å². The lowest BCUT2D eigenvalue weighted by Crippen LogP contribution is -2.51. The van der Waals surface area contributed by atoms with Crippen molar-refractivity contribution in [3.8, 4) is 33.8 Å². The van der Waals surface area contributed by atoms with E-state index in [0.29, 0.717) is 35.1 Å². The lowest BCUT2D eigenvalue weighted by atomic mass is 10.0. The minimum absolute atomic E-state index is 0.251. The van der Waals surface area contributed by atoms with Gasteiger partial charge in [-0.2, -0.15) is 0 Å². The molecule has 6 N–H and O–H groups in total. The van der Waals surface area contributed by atoms with Gasteiger partial charge in [0.1, 0.15) is 11.5 Å². The quantitative estimate of drug-likeness (QED) is 0.0535. The number of hydrogen-bond donors (Lipinski definition) is 6. The average Bonchev–Trinajstić information content (AvgIpc) is 3.40. The number of fused-ring (bicyclic) bond motifs is 2. The van der Waals surface area contributed by atoms with Crippen molar-refractivity contribution in [2.45, 2.75) is 25.3 Å². The number of benzene rings is 6. The van der Waals surface area contributed by atoms with Crippen LogP contribution in [0.1, 0.15) is 19.3 Å². The number of nitrogens with zero attached hydrogens (tertiary/aromatic N) is 5. The number of anilines is 8. The standard InChI is InChI=1S/C29H29N5O2.C27H26N6O2/c1-3-27(35)31-22-11-7-9-20(17-22)24-12-8-10-21-19-30-29(33-28(21)24)32-25-14-13-23(18-26(25)36-2)34-15-5-4-6-16-34;1-3-25(34)31-19-8-4-6-17(12-19)22-9-5-7-18-14-29-27(33-26(18)22)32-23-11-10-20(13-24(23)35-2)30-21-15-28-16-21/h3,7-14,17-19H,1,4-6,15-16H2,2H3,(H,31,35)(H,30,32,33);3-14,21,28,30H,1,15-16H2,2H3,(H,31,34)(H,29,32,33). The van der Waals surface area contributed by atoms with Gasteiger partial charge in [-0.15, -0.1) is 0 Å². The summed E-state index contributed by atoms with van der Waals surface area (Å²) in [5, 5.41) is 20.8. The van der Waals surface area contributed by atoms with Crippen molar-refractivity contribution < 1.29 is 19.1 Å². The molecule has 0 spiro atoms. The Hall–Kier alpha value is -8.82. The highest BCUT2D eigenvalue weighted by molar-refractivity contribution is 6.01. The van der Waals surface area contributed by atoms with E-state index in [1.807, 2.05) is 115 Å². The van der Waals surface area contributed by atoms with Crippen molar-refractivity contribution in [3.63, 3.8) is 0 Å². The third-order valence-corrected chi connectivity index (χ3v) is 12.2. The number of ether oxygens (including phenoxy) is 2. The van der Waals surface area contributed by atoms with E-state index in [2.05, 4.69) is 72.1 Å². The molecule has 2 aliphatic rings. The number of carbonyl (C=O) groups excluding carboxylic acids is 2. The Kier molecular flexibility index (Phi) is 14.7. The van der Waals surface area contributed by atoms with Gasteiger partial charge in [-0.1, -0.05) is 73.8 Å². The molecule has 4 heterocycles. The van der Waals surface area contributed by atoms with Gasteiger partial charge in [-0.3, -0.25) is 9.59 Å². The van der Waals surface area contributed by atoms with E-state index in [4.69, 9.17) is 19.4 Å². The molecular weight excluding hydrogens is 891 g/mol. The van der Waals surface area contributed by atoms with Gasteiger partial charge in [0, 0.05) is 95.4 Å². The summed E-state index contributed by atoms with van der Waals surface area (Å²) < 4.78 is 11.3. The fourth-order valence-electron chi connectivity index (χ4n) is 8.50. The molecule has 71 heavy (non-hydrogen) atoms. The first kappa shape index (κ1) is 47.3. The summed E-state index contributed by atoms with van der Waals surface area (Å²) in [5.41, 5.74) is 10.5. The summed E-state index contributed by atoms with van der Waals surface area (Å²) >= 11 is 0. The van der Waals surface area contributed by atoms with Crippen LogP contribution in [0.25, 0.3) is 44.1 Å². The molecule has 0 aliphatic carbocycles. The van der Waals surface area contributed by atoms with E-state index < -0.39 is 0 Å². The van der Waals surface area contributed by atoms with Crippen LogP contribution in [0.15, 0.2) is 159 Å². The number of methoxy groups -OCH3 is 2. The molecule has 2 amide bonds. The molecular formula is C56H55N11O4. The zero-order chi connectivity index (χ0) is 49.1. The number of carbonyl (C=O) groups is 2. The maximum atomic E-state index is 11.8. The second kappa shape index (κ2) is 22.1. The summed E-state index contributed by atoms with van der Waals surface area (Å²) in [6, 6.07) is 39.8. The molecule has 0 bridgehead atoms. The minimum Gasteiger partial charge on any atom is -0.494 e. The SMILES string of the molecule is C=CC(=O)Nc1cccc(-c2cccc3cnc(Nc4ccc(N5CCCCC5)cc4OC)nc23)c1.C=CC(=O)Nc1cccc(-c2cccc3cnc(Nc4ccc(NC5CNC5)cc4OC)nc23)c1. The monoisotopic (exact) mass is 945 g/mol. The summed E-state index contributed by atoms with van der Waals surface area (Å²) in [5.74, 6) is 1.89. The molecule has 2 fully saturated rings. The average molecular weight is 946 g/mol. The largest absolute Gasteiger partial charge is 0.494 e. The van der Waals surface area contributed by atoms with Gasteiger partial charge in [-0.05, 0) is 91.1 Å². The number of nitrogens with one attached hydrogen (secondary N) is 6. The van der Waals surface area contributed by atoms with Crippen LogP contribution in [0.5, 0.6) is 11.5 Å². The molecule has 358 valence electrons. The molecule has 15 nitrogen and oxygen atoms in total. The van der Waals surface area contributed by atoms with Crippen LogP contribution in [0.3, 0.4) is 0 Å². The van der Waals surface area contributed by atoms with Crippen molar-refractivity contribution in [1.82, 2.24) is 25.3 Å². The lowest BCUT2D eigenvalue weighted by Gasteiger charge is -2.29. The van der Waals surface area contributed by atoms with Crippen LogP contribution in [0.2, 0.25) is 0 Å². The number of hydrogen-bond acceptors (Lipinski definition) is 13. The Morgan fingerprint density at radius 1 is 0.620 bits per heavy atom.